The van der Waals surface area contributed by atoms with Crippen molar-refractivity contribution in [1.82, 2.24) is 15.0 Å². The Morgan fingerprint density at radius 3 is 1.57 bits per heavy atom. The molecule has 0 aliphatic carbocycles. The van der Waals surface area contributed by atoms with E-state index in [1.807, 2.05) is 0 Å². The van der Waals surface area contributed by atoms with Crippen molar-refractivity contribution in [3.05, 3.63) is 236 Å². The molecule has 280 valence electrons. The van der Waals surface area contributed by atoms with Crippen molar-refractivity contribution in [2.24, 2.45) is 0 Å². The van der Waals surface area contributed by atoms with Gasteiger partial charge in [-0.25, -0.2) is 0 Å². The maximum absolute atomic E-state index is 5.37. The van der Waals surface area contributed by atoms with E-state index < -0.39 is 37.8 Å². The van der Waals surface area contributed by atoms with Gasteiger partial charge < -0.3 is 0 Å². The Morgan fingerprint density at radius 1 is 0.379 bits per heavy atom. The second-order valence-corrected chi connectivity index (χ2v) is 26.8. The summed E-state index contributed by atoms with van der Waals surface area (Å²) in [5.74, 6) is 1.42. The van der Waals surface area contributed by atoms with Gasteiger partial charge >= 0.3 is 354 Å². The van der Waals surface area contributed by atoms with Crippen LogP contribution in [0.5, 0.6) is 0 Å². The summed E-state index contributed by atoms with van der Waals surface area (Å²) in [7, 11) is 0. The van der Waals surface area contributed by atoms with Crippen molar-refractivity contribution in [2.45, 2.75) is 4.43 Å². The summed E-state index contributed by atoms with van der Waals surface area (Å²) in [6.45, 7) is 0. The molecule has 0 N–H and O–H groups in total. The van der Waals surface area contributed by atoms with E-state index in [-0.39, 0.29) is 0 Å². The van der Waals surface area contributed by atoms with Crippen LogP contribution in [0.1, 0.15) is 5.56 Å². The molecule has 1 aromatic heterocycles. The fraction of sp³-hybridized carbons (Fsp3) is 0.0189. The van der Waals surface area contributed by atoms with Crippen LogP contribution in [0.15, 0.2) is 212 Å². The summed E-state index contributed by atoms with van der Waals surface area (Å²) in [6.07, 6.45) is 0. The molecule has 0 spiro atoms. The number of hydrogen-bond acceptors (Lipinski definition) is 3. The second-order valence-electron chi connectivity index (χ2n) is 14.2. The van der Waals surface area contributed by atoms with E-state index in [0.717, 1.165) is 30.5 Å². The van der Waals surface area contributed by atoms with Gasteiger partial charge in [-0.2, -0.15) is 0 Å². The standard InChI is InChI=1S/C53H39I2N3/c1-55(45-23-7-3-8-24-45,46-25-9-4-10-26-46)47-27-16-21-42(36-47)39-31-33-40(34-32-39)51-56-52(43-22-15-20-41(35-43)38-17-5-2-6-18-38)58-53(57-51)54-37-44-19-11-12-28-48(44)49-29-13-14-30-50(49)54/h2-36H,1,37H2. The van der Waals surface area contributed by atoms with Crippen LogP contribution in [0, 0.1) is 18.1 Å². The van der Waals surface area contributed by atoms with E-state index in [1.165, 1.54) is 42.1 Å². The molecule has 0 bridgehead atoms. The van der Waals surface area contributed by atoms with Crippen LogP contribution in [0.4, 0.5) is 0 Å². The summed E-state index contributed by atoms with van der Waals surface area (Å²) >= 11 is -5.22. The van der Waals surface area contributed by atoms with Gasteiger partial charge in [-0.05, 0) is 0 Å². The topological polar surface area (TPSA) is 38.7 Å². The van der Waals surface area contributed by atoms with Crippen molar-refractivity contribution < 1.29 is 0 Å². The Balaban J connectivity index is 1.06. The molecule has 0 fully saturated rings. The van der Waals surface area contributed by atoms with Crippen molar-refractivity contribution in [1.29, 1.82) is 0 Å². The van der Waals surface area contributed by atoms with Gasteiger partial charge in [0.2, 0.25) is 0 Å². The van der Waals surface area contributed by atoms with Crippen LogP contribution in [-0.2, 0) is 4.43 Å². The summed E-state index contributed by atoms with van der Waals surface area (Å²) in [5, 5.41) is 0. The minimum absolute atomic E-state index is 0.707. The Labute approximate surface area is 351 Å². The fourth-order valence-corrected chi connectivity index (χ4v) is 20.4. The van der Waals surface area contributed by atoms with Gasteiger partial charge in [-0.15, -0.1) is 0 Å². The van der Waals surface area contributed by atoms with E-state index in [4.69, 9.17) is 19.5 Å². The maximum atomic E-state index is 5.37. The molecule has 3 nitrogen and oxygen atoms in total. The van der Waals surface area contributed by atoms with Crippen LogP contribution in [-0.4, -0.2) is 19.5 Å². The molecule has 58 heavy (non-hydrogen) atoms. The van der Waals surface area contributed by atoms with Gasteiger partial charge in [0.15, 0.2) is 0 Å². The van der Waals surface area contributed by atoms with Crippen LogP contribution in [0.25, 0.3) is 56.2 Å². The number of aromatic nitrogens is 3. The zero-order chi connectivity index (χ0) is 38.9. The van der Waals surface area contributed by atoms with Gasteiger partial charge in [-0.1, -0.05) is 0 Å². The van der Waals surface area contributed by atoms with E-state index >= 15 is 0 Å². The Hall–Kier alpha value is -5.90. The zero-order valence-electron chi connectivity index (χ0n) is 31.7. The van der Waals surface area contributed by atoms with Crippen LogP contribution >= 0.6 is 37.8 Å². The number of hydrogen-bond donors (Lipinski definition) is 0. The molecule has 0 unspecified atom stereocenters. The molecule has 0 saturated carbocycles. The molecule has 0 atom stereocenters. The molecule has 0 radical (unpaired) electrons. The first-order valence-corrected chi connectivity index (χ1v) is 27.7. The molecular formula is C53H39I2N3. The summed E-state index contributed by atoms with van der Waals surface area (Å²) in [6, 6.07) is 76.3. The number of halogens is 2. The van der Waals surface area contributed by atoms with Crippen molar-refractivity contribution in [3.8, 4) is 56.2 Å². The second kappa shape index (κ2) is 15.8. The van der Waals surface area contributed by atoms with Gasteiger partial charge in [0.05, 0.1) is 0 Å². The monoisotopic (exact) mass is 971 g/mol. The molecule has 2 heterocycles. The van der Waals surface area contributed by atoms with E-state index in [1.54, 1.807) is 0 Å². The molecule has 1 aliphatic heterocycles. The number of nitrogens with zero attached hydrogens (tertiary/aromatic N) is 3. The molecule has 0 amide bonds. The predicted molar refractivity (Wildman–Crippen MR) is 259 cm³/mol. The molecule has 5 heteroatoms. The summed E-state index contributed by atoms with van der Waals surface area (Å²) < 4.78 is 12.4. The summed E-state index contributed by atoms with van der Waals surface area (Å²) in [5.41, 5.74) is 10.6. The first kappa shape index (κ1) is 36.4. The van der Waals surface area contributed by atoms with Crippen molar-refractivity contribution in [3.63, 3.8) is 0 Å². The molecule has 10 rings (SSSR count). The number of alkyl halides is 1. The average Bonchev–Trinajstić information content (AvgIpc) is 3.32. The van der Waals surface area contributed by atoms with E-state index in [0.29, 0.717) is 11.6 Å². The quantitative estimate of drug-likeness (QED) is 0.112. The van der Waals surface area contributed by atoms with Gasteiger partial charge in [0, 0.05) is 0 Å². The van der Waals surface area contributed by atoms with Crippen molar-refractivity contribution in [2.75, 3.05) is 0 Å². The molecular weight excluding hydrogens is 932 g/mol. The minimum atomic E-state index is -3.09. The third kappa shape index (κ3) is 6.92. The first-order valence-electron chi connectivity index (χ1n) is 19.3. The number of rotatable bonds is 8. The van der Waals surface area contributed by atoms with Gasteiger partial charge in [-0.3, -0.25) is 0 Å². The number of fused-ring (bicyclic) bond motifs is 3. The summed E-state index contributed by atoms with van der Waals surface area (Å²) in [4.78, 5) is 15.9. The SMILES string of the molecule is C=I(c1ccccc1)(c1ccccc1)c1cccc(-c2ccc(-c3nc(-c4cccc(-c5ccccc5)c4)nc(I4Cc5ccccc5-c5ccccc54)n3)cc2)c1. The van der Waals surface area contributed by atoms with Crippen LogP contribution < -0.4 is 0 Å². The molecule has 9 aromatic rings. The normalized spacial score (nSPS) is 13.0. The van der Waals surface area contributed by atoms with Crippen LogP contribution in [0.2, 0.25) is 0 Å². The Morgan fingerprint density at radius 2 is 0.862 bits per heavy atom. The van der Waals surface area contributed by atoms with Crippen LogP contribution in [0.3, 0.4) is 0 Å². The average molecular weight is 972 g/mol. The van der Waals surface area contributed by atoms with Gasteiger partial charge in [0.25, 0.3) is 0 Å². The Bertz CT molecular complexity index is 2900. The van der Waals surface area contributed by atoms with Gasteiger partial charge in [0.1, 0.15) is 0 Å². The molecule has 1 aliphatic rings. The number of benzene rings is 8. The van der Waals surface area contributed by atoms with Crippen molar-refractivity contribution >= 4 is 42.3 Å². The Kier molecular flexibility index (Phi) is 9.93. The predicted octanol–water partition coefficient (Wildman–Crippen LogP) is 13.6. The van der Waals surface area contributed by atoms with E-state index in [2.05, 4.69) is 212 Å². The third-order valence-corrected chi connectivity index (χ3v) is 24.7. The first-order chi connectivity index (χ1) is 28.6. The molecule has 8 aromatic carbocycles. The third-order valence-electron chi connectivity index (χ3n) is 10.6. The fourth-order valence-electron chi connectivity index (χ4n) is 7.64. The van der Waals surface area contributed by atoms with E-state index in [9.17, 15) is 0 Å². The molecule has 0 saturated heterocycles. The zero-order valence-corrected chi connectivity index (χ0v) is 36.0.